The fourth-order valence-electron chi connectivity index (χ4n) is 3.06. The molecule has 146 valence electrons. The molecule has 0 bridgehead atoms. The van der Waals surface area contributed by atoms with Crippen LogP contribution in [0.15, 0.2) is 66.3 Å². The van der Waals surface area contributed by atoms with Gasteiger partial charge in [-0.1, -0.05) is 48.5 Å². The van der Waals surface area contributed by atoms with Crippen LogP contribution in [0.2, 0.25) is 0 Å². The van der Waals surface area contributed by atoms with Crippen LogP contribution >= 0.6 is 11.3 Å². The number of tetrazole rings is 1. The summed E-state index contributed by atoms with van der Waals surface area (Å²) in [4.78, 5) is 17.5. The molecule has 8 heteroatoms. The fourth-order valence-corrected chi connectivity index (χ4v) is 3.86. The Morgan fingerprint density at radius 2 is 1.97 bits per heavy atom. The molecule has 4 rings (SSSR count). The summed E-state index contributed by atoms with van der Waals surface area (Å²) < 4.78 is 1.50. The topological polar surface area (TPSA) is 85.6 Å². The Morgan fingerprint density at radius 1 is 1.14 bits per heavy atom. The van der Waals surface area contributed by atoms with E-state index in [4.69, 9.17) is 0 Å². The second-order valence-electron chi connectivity index (χ2n) is 6.71. The van der Waals surface area contributed by atoms with Gasteiger partial charge in [0.05, 0.1) is 0 Å². The first kappa shape index (κ1) is 18.9. The van der Waals surface area contributed by atoms with E-state index in [0.717, 1.165) is 27.4 Å². The predicted octanol–water partition coefficient (Wildman–Crippen LogP) is 3.21. The summed E-state index contributed by atoms with van der Waals surface area (Å²) in [6, 6.07) is 17.4. The van der Waals surface area contributed by atoms with Gasteiger partial charge in [0.25, 0.3) is 0 Å². The van der Waals surface area contributed by atoms with Gasteiger partial charge in [0.2, 0.25) is 5.91 Å². The van der Waals surface area contributed by atoms with Crippen molar-refractivity contribution < 1.29 is 4.79 Å². The van der Waals surface area contributed by atoms with Crippen molar-refractivity contribution in [2.45, 2.75) is 25.9 Å². The molecule has 0 aliphatic heterocycles. The third-order valence-corrected chi connectivity index (χ3v) is 5.53. The number of rotatable bonds is 7. The van der Waals surface area contributed by atoms with Crippen LogP contribution in [-0.2, 0) is 17.8 Å². The summed E-state index contributed by atoms with van der Waals surface area (Å²) in [6.07, 6.45) is 1.98. The first-order chi connectivity index (χ1) is 14.2. The molecule has 0 spiro atoms. The van der Waals surface area contributed by atoms with Gasteiger partial charge in [-0.3, -0.25) is 4.79 Å². The zero-order valence-corrected chi connectivity index (χ0v) is 16.7. The number of benzene rings is 2. The molecule has 29 heavy (non-hydrogen) atoms. The van der Waals surface area contributed by atoms with E-state index in [1.807, 2.05) is 60.8 Å². The second-order valence-corrected chi connectivity index (χ2v) is 7.57. The average molecular weight is 404 g/mol. The number of amides is 1. The molecule has 0 aliphatic carbocycles. The van der Waals surface area contributed by atoms with Crippen LogP contribution < -0.4 is 5.32 Å². The van der Waals surface area contributed by atoms with Crippen LogP contribution in [0.5, 0.6) is 0 Å². The Hall–Kier alpha value is -3.39. The highest BCUT2D eigenvalue weighted by atomic mass is 32.1. The molecule has 0 saturated heterocycles. The van der Waals surface area contributed by atoms with Crippen LogP contribution in [0.1, 0.15) is 22.9 Å². The Kier molecular flexibility index (Phi) is 5.71. The summed E-state index contributed by atoms with van der Waals surface area (Å²) in [7, 11) is 0. The van der Waals surface area contributed by atoms with Crippen molar-refractivity contribution in [3.8, 4) is 10.6 Å². The number of thiazole rings is 1. The third-order valence-electron chi connectivity index (χ3n) is 4.52. The van der Waals surface area contributed by atoms with Gasteiger partial charge in [0.1, 0.15) is 17.4 Å². The largest absolute Gasteiger partial charge is 0.350 e. The van der Waals surface area contributed by atoms with Crippen LogP contribution in [-0.4, -0.2) is 31.1 Å². The normalized spacial score (nSPS) is 11.9. The Morgan fingerprint density at radius 3 is 2.69 bits per heavy atom. The SMILES string of the molecule is Cc1csc(-c2cccc(CNC(=O)[C@H](Cc3ccccc3)n3cnnn3)c2)n1. The number of nitrogens with zero attached hydrogens (tertiary/aromatic N) is 5. The van der Waals surface area contributed by atoms with Crippen molar-refractivity contribution in [3.63, 3.8) is 0 Å². The lowest BCUT2D eigenvalue weighted by atomic mass is 10.1. The summed E-state index contributed by atoms with van der Waals surface area (Å²) in [5, 5.41) is 17.3. The highest BCUT2D eigenvalue weighted by molar-refractivity contribution is 7.13. The zero-order valence-electron chi connectivity index (χ0n) is 15.9. The molecular formula is C21H20N6OS. The quantitative estimate of drug-likeness (QED) is 0.511. The van der Waals surface area contributed by atoms with Crippen LogP contribution in [0.25, 0.3) is 10.6 Å². The molecule has 2 heterocycles. The van der Waals surface area contributed by atoms with Gasteiger partial charge in [0, 0.05) is 29.6 Å². The van der Waals surface area contributed by atoms with Gasteiger partial charge in [-0.25, -0.2) is 9.67 Å². The molecular weight excluding hydrogens is 384 g/mol. The zero-order chi connectivity index (χ0) is 20.1. The number of hydrogen-bond donors (Lipinski definition) is 1. The maximum Gasteiger partial charge on any atom is 0.245 e. The van der Waals surface area contributed by atoms with Crippen LogP contribution in [0.4, 0.5) is 0 Å². The van der Waals surface area contributed by atoms with E-state index in [-0.39, 0.29) is 5.91 Å². The molecule has 1 atom stereocenters. The number of carbonyl (C=O) groups is 1. The smallest absolute Gasteiger partial charge is 0.245 e. The minimum Gasteiger partial charge on any atom is -0.350 e. The highest BCUT2D eigenvalue weighted by Gasteiger charge is 2.22. The lowest BCUT2D eigenvalue weighted by molar-refractivity contribution is -0.124. The molecule has 2 aromatic carbocycles. The molecule has 0 fully saturated rings. The van der Waals surface area contributed by atoms with Crippen molar-refractivity contribution >= 4 is 17.2 Å². The Labute approximate surface area is 172 Å². The van der Waals surface area contributed by atoms with Gasteiger partial charge in [-0.15, -0.1) is 16.4 Å². The van der Waals surface area contributed by atoms with E-state index < -0.39 is 6.04 Å². The number of nitrogens with one attached hydrogen (secondary N) is 1. The predicted molar refractivity (Wildman–Crippen MR) is 111 cm³/mol. The van der Waals surface area contributed by atoms with Crippen molar-refractivity contribution in [1.82, 2.24) is 30.5 Å². The summed E-state index contributed by atoms with van der Waals surface area (Å²) in [5.41, 5.74) is 4.12. The van der Waals surface area contributed by atoms with Gasteiger partial charge < -0.3 is 5.32 Å². The van der Waals surface area contributed by atoms with E-state index in [1.54, 1.807) is 11.3 Å². The first-order valence-electron chi connectivity index (χ1n) is 9.24. The number of carbonyl (C=O) groups excluding carboxylic acids is 1. The molecule has 1 amide bonds. The minimum atomic E-state index is -0.516. The summed E-state index contributed by atoms with van der Waals surface area (Å²) in [6.45, 7) is 2.40. The average Bonchev–Trinajstić information content (AvgIpc) is 3.43. The standard InChI is InChI=1S/C21H20N6OS/c1-15-13-29-21(24-15)18-9-5-8-17(10-18)12-22-20(28)19(27-14-23-25-26-27)11-16-6-3-2-4-7-16/h2-10,13-14,19H,11-12H2,1H3,(H,22,28)/t19-/m0/s1. The monoisotopic (exact) mass is 404 g/mol. The van der Waals surface area contributed by atoms with Crippen LogP contribution in [0, 0.1) is 6.92 Å². The maximum absolute atomic E-state index is 12.9. The van der Waals surface area contributed by atoms with E-state index in [2.05, 4.69) is 31.9 Å². The highest BCUT2D eigenvalue weighted by Crippen LogP contribution is 2.24. The molecule has 2 aromatic heterocycles. The maximum atomic E-state index is 12.9. The van der Waals surface area contributed by atoms with Crippen LogP contribution in [0.3, 0.4) is 0 Å². The first-order valence-corrected chi connectivity index (χ1v) is 10.1. The third kappa shape index (κ3) is 4.72. The summed E-state index contributed by atoms with van der Waals surface area (Å²) >= 11 is 1.62. The molecule has 0 saturated carbocycles. The molecule has 1 N–H and O–H groups in total. The summed E-state index contributed by atoms with van der Waals surface area (Å²) in [5.74, 6) is -0.128. The molecule has 7 nitrogen and oxygen atoms in total. The number of aromatic nitrogens is 5. The Balaban J connectivity index is 1.47. The van der Waals surface area contributed by atoms with Gasteiger partial charge in [-0.2, -0.15) is 0 Å². The number of aryl methyl sites for hydroxylation is 1. The van der Waals surface area contributed by atoms with Crippen molar-refractivity contribution in [2.24, 2.45) is 0 Å². The molecule has 0 aliphatic rings. The molecule has 4 aromatic rings. The fraction of sp³-hybridized carbons (Fsp3) is 0.190. The lowest BCUT2D eigenvalue weighted by Gasteiger charge is -2.16. The minimum absolute atomic E-state index is 0.128. The second kappa shape index (κ2) is 8.74. The van der Waals surface area contributed by atoms with E-state index in [9.17, 15) is 4.79 Å². The van der Waals surface area contributed by atoms with E-state index in [0.29, 0.717) is 13.0 Å². The van der Waals surface area contributed by atoms with E-state index in [1.165, 1.54) is 11.0 Å². The van der Waals surface area contributed by atoms with Gasteiger partial charge in [-0.05, 0) is 34.5 Å². The Bertz CT molecular complexity index is 1080. The molecule has 0 radical (unpaired) electrons. The number of hydrogen-bond acceptors (Lipinski definition) is 6. The van der Waals surface area contributed by atoms with E-state index >= 15 is 0 Å². The lowest BCUT2D eigenvalue weighted by Crippen LogP contribution is -2.34. The molecule has 0 unspecified atom stereocenters. The van der Waals surface area contributed by atoms with Gasteiger partial charge in [0.15, 0.2) is 0 Å². The van der Waals surface area contributed by atoms with Crippen molar-refractivity contribution in [1.29, 1.82) is 0 Å². The van der Waals surface area contributed by atoms with Crippen molar-refractivity contribution in [3.05, 3.63) is 83.1 Å². The van der Waals surface area contributed by atoms with Crippen molar-refractivity contribution in [2.75, 3.05) is 0 Å². The van der Waals surface area contributed by atoms with Gasteiger partial charge >= 0.3 is 0 Å².